The van der Waals surface area contributed by atoms with Crippen molar-refractivity contribution < 1.29 is 9.47 Å². The van der Waals surface area contributed by atoms with Crippen LogP contribution in [0.15, 0.2) is 65.1 Å². The van der Waals surface area contributed by atoms with Gasteiger partial charge in [-0.2, -0.15) is 5.10 Å². The highest BCUT2D eigenvalue weighted by molar-refractivity contribution is 9.10. The van der Waals surface area contributed by atoms with E-state index in [4.69, 9.17) is 44.9 Å². The zero-order chi connectivity index (χ0) is 24.1. The Labute approximate surface area is 220 Å². The molecule has 0 aliphatic carbocycles. The van der Waals surface area contributed by atoms with Crippen molar-refractivity contribution in [2.24, 2.45) is 0 Å². The lowest BCUT2D eigenvalue weighted by Gasteiger charge is -2.17. The summed E-state index contributed by atoms with van der Waals surface area (Å²) in [6.45, 7) is 3.18. The second kappa shape index (κ2) is 11.3. The molecule has 0 saturated carbocycles. The monoisotopic (exact) mass is 578 g/mol. The molecular weight excluding hydrogens is 559 g/mol. The summed E-state index contributed by atoms with van der Waals surface area (Å²) in [5.74, 6) is 1.94. The molecule has 1 aromatic heterocycles. The third kappa shape index (κ3) is 5.75. The van der Waals surface area contributed by atoms with Crippen molar-refractivity contribution in [1.29, 1.82) is 0 Å². The van der Waals surface area contributed by atoms with Crippen LogP contribution in [0.1, 0.15) is 18.1 Å². The van der Waals surface area contributed by atoms with Gasteiger partial charge in [0.1, 0.15) is 6.61 Å². The number of hydrogen-bond acceptors (Lipinski definition) is 5. The summed E-state index contributed by atoms with van der Waals surface area (Å²) in [6, 6.07) is 19.0. The van der Waals surface area contributed by atoms with Crippen molar-refractivity contribution in [3.8, 4) is 22.9 Å². The van der Waals surface area contributed by atoms with Crippen molar-refractivity contribution in [2.45, 2.75) is 20.1 Å². The topological polar surface area (TPSA) is 64.1 Å². The highest BCUT2D eigenvalue weighted by atomic mass is 79.9. The third-order valence-electron chi connectivity index (χ3n) is 4.94. The van der Waals surface area contributed by atoms with Gasteiger partial charge in [-0.3, -0.25) is 0 Å². The summed E-state index contributed by atoms with van der Waals surface area (Å²) in [6.07, 6.45) is 0. The lowest BCUT2D eigenvalue weighted by molar-refractivity contribution is 0.269. The first kappa shape index (κ1) is 24.6. The van der Waals surface area contributed by atoms with Crippen LogP contribution in [0.3, 0.4) is 0 Å². The molecule has 4 rings (SSSR count). The van der Waals surface area contributed by atoms with E-state index in [9.17, 15) is 0 Å². The van der Waals surface area contributed by atoms with E-state index in [1.807, 2.05) is 55.5 Å². The molecule has 0 bridgehead atoms. The summed E-state index contributed by atoms with van der Waals surface area (Å²) in [5, 5.41) is 8.33. The third-order valence-corrected chi connectivity index (χ3v) is 6.54. The van der Waals surface area contributed by atoms with Crippen molar-refractivity contribution in [1.82, 2.24) is 14.9 Å². The van der Waals surface area contributed by atoms with Gasteiger partial charge in [-0.15, -0.1) is 0 Å². The minimum Gasteiger partial charge on any atom is -0.490 e. The fourth-order valence-corrected chi connectivity index (χ4v) is 4.40. The van der Waals surface area contributed by atoms with Gasteiger partial charge in [0.25, 0.3) is 0 Å². The molecule has 0 atom stereocenters. The zero-order valence-electron chi connectivity index (χ0n) is 18.1. The second-order valence-electron chi connectivity index (χ2n) is 7.24. The average Bonchev–Trinajstić information content (AvgIpc) is 3.20. The number of halogens is 3. The number of benzene rings is 3. The van der Waals surface area contributed by atoms with Gasteiger partial charge in [0.05, 0.1) is 13.2 Å². The van der Waals surface area contributed by atoms with Gasteiger partial charge in [-0.05, 0) is 49.0 Å². The van der Waals surface area contributed by atoms with Gasteiger partial charge < -0.3 is 14.9 Å². The highest BCUT2D eigenvalue weighted by Crippen LogP contribution is 2.35. The lowest BCUT2D eigenvalue weighted by Crippen LogP contribution is -2.16. The number of nitrogens with zero attached hydrogens (tertiary/aromatic N) is 2. The molecule has 0 fully saturated rings. The fourth-order valence-electron chi connectivity index (χ4n) is 3.28. The van der Waals surface area contributed by atoms with Crippen LogP contribution in [0.25, 0.3) is 11.4 Å². The fraction of sp³-hybridized carbons (Fsp3) is 0.167. The Hall–Kier alpha value is -2.52. The quantitative estimate of drug-likeness (QED) is 0.202. The number of rotatable bonds is 9. The molecule has 0 saturated heterocycles. The standard InChI is InChI=1S/C24H21BrCl2N4O2S/c1-2-32-21-10-17(13-28-31-23(29-30-24(31)34)15-6-4-3-5-7-15)19(25)12-22(21)33-14-16-8-9-18(26)11-20(16)27/h3-12,28H,2,13-14H2,1H3,(H,30,34). The number of aromatic amines is 1. The Bertz CT molecular complexity index is 1340. The number of nitrogens with one attached hydrogen (secondary N) is 2. The van der Waals surface area contributed by atoms with Crippen LogP contribution in [0, 0.1) is 4.77 Å². The van der Waals surface area contributed by atoms with Gasteiger partial charge in [-0.1, -0.05) is 75.5 Å². The minimum absolute atomic E-state index is 0.282. The molecule has 0 amide bonds. The maximum Gasteiger partial charge on any atom is 0.214 e. The first-order valence-electron chi connectivity index (χ1n) is 10.4. The molecule has 176 valence electrons. The van der Waals surface area contributed by atoms with Crippen molar-refractivity contribution >= 4 is 51.3 Å². The van der Waals surface area contributed by atoms with E-state index in [-0.39, 0.29) is 6.61 Å². The summed E-state index contributed by atoms with van der Waals surface area (Å²) in [5.41, 5.74) is 6.08. The Morgan fingerprint density at radius 2 is 1.79 bits per heavy atom. The normalized spacial score (nSPS) is 10.8. The van der Waals surface area contributed by atoms with E-state index >= 15 is 0 Å². The van der Waals surface area contributed by atoms with Crippen LogP contribution in [-0.2, 0) is 13.2 Å². The van der Waals surface area contributed by atoms with Gasteiger partial charge in [0, 0.05) is 25.6 Å². The molecule has 10 heteroatoms. The van der Waals surface area contributed by atoms with Crippen LogP contribution in [0.2, 0.25) is 10.0 Å². The van der Waals surface area contributed by atoms with Crippen LogP contribution in [0.4, 0.5) is 0 Å². The maximum absolute atomic E-state index is 6.28. The maximum atomic E-state index is 6.28. The highest BCUT2D eigenvalue weighted by Gasteiger charge is 2.14. The van der Waals surface area contributed by atoms with Crippen LogP contribution in [0.5, 0.6) is 11.5 Å². The van der Waals surface area contributed by atoms with Gasteiger partial charge in [0.15, 0.2) is 17.3 Å². The van der Waals surface area contributed by atoms with E-state index in [0.29, 0.717) is 45.3 Å². The largest absolute Gasteiger partial charge is 0.490 e. The summed E-state index contributed by atoms with van der Waals surface area (Å²) < 4.78 is 15.0. The van der Waals surface area contributed by atoms with Crippen molar-refractivity contribution in [3.05, 3.63) is 91.1 Å². The zero-order valence-corrected chi connectivity index (χ0v) is 22.1. The molecule has 4 aromatic rings. The van der Waals surface area contributed by atoms with Crippen molar-refractivity contribution in [2.75, 3.05) is 12.0 Å². The Morgan fingerprint density at radius 1 is 1.03 bits per heavy atom. The molecule has 2 N–H and O–H groups in total. The van der Waals surface area contributed by atoms with Gasteiger partial charge in [0.2, 0.25) is 4.77 Å². The predicted octanol–water partition coefficient (Wildman–Crippen LogP) is 7.40. The van der Waals surface area contributed by atoms with Crippen LogP contribution < -0.4 is 14.9 Å². The first-order chi connectivity index (χ1) is 16.5. The average molecular weight is 580 g/mol. The van der Waals surface area contributed by atoms with Gasteiger partial charge >= 0.3 is 0 Å². The number of aromatic nitrogens is 3. The molecule has 0 aliphatic heterocycles. The first-order valence-corrected chi connectivity index (χ1v) is 12.4. The Morgan fingerprint density at radius 3 is 2.53 bits per heavy atom. The van der Waals surface area contributed by atoms with Gasteiger partial charge in [-0.25, -0.2) is 9.77 Å². The minimum atomic E-state index is 0.282. The lowest BCUT2D eigenvalue weighted by atomic mass is 10.2. The SMILES string of the molecule is CCOc1cc(CNn2c(-c3ccccc3)n[nH]c2=S)c(Br)cc1OCc1ccc(Cl)cc1Cl. The molecular formula is C24H21BrCl2N4O2S. The van der Waals surface area contributed by atoms with Crippen LogP contribution in [-0.4, -0.2) is 21.5 Å². The Balaban J connectivity index is 1.54. The van der Waals surface area contributed by atoms with E-state index in [1.54, 1.807) is 16.8 Å². The summed E-state index contributed by atoms with van der Waals surface area (Å²) in [7, 11) is 0. The molecule has 0 radical (unpaired) electrons. The second-order valence-corrected chi connectivity index (χ2v) is 9.32. The molecule has 34 heavy (non-hydrogen) atoms. The van der Waals surface area contributed by atoms with Crippen LogP contribution >= 0.6 is 51.3 Å². The predicted molar refractivity (Wildman–Crippen MR) is 142 cm³/mol. The van der Waals surface area contributed by atoms with Crippen molar-refractivity contribution in [3.63, 3.8) is 0 Å². The van der Waals surface area contributed by atoms with E-state index in [2.05, 4.69) is 31.6 Å². The molecule has 0 unspecified atom stereocenters. The molecule has 0 aliphatic rings. The van der Waals surface area contributed by atoms with E-state index < -0.39 is 0 Å². The molecule has 0 spiro atoms. The summed E-state index contributed by atoms with van der Waals surface area (Å²) in [4.78, 5) is 0. The smallest absolute Gasteiger partial charge is 0.214 e. The summed E-state index contributed by atoms with van der Waals surface area (Å²) >= 11 is 21.3. The molecule has 3 aromatic carbocycles. The molecule has 6 nitrogen and oxygen atoms in total. The van der Waals surface area contributed by atoms with E-state index in [0.717, 1.165) is 21.2 Å². The van der Waals surface area contributed by atoms with E-state index in [1.165, 1.54) is 0 Å². The number of hydrogen-bond donors (Lipinski definition) is 2. The number of H-pyrrole nitrogens is 1. The Kier molecular flexibility index (Phi) is 8.15. The molecule has 1 heterocycles. The number of ether oxygens (including phenoxy) is 2.